The Morgan fingerprint density at radius 2 is 2.08 bits per heavy atom. The summed E-state index contributed by atoms with van der Waals surface area (Å²) in [4.78, 5) is 21.9. The molecule has 0 aliphatic carbocycles. The summed E-state index contributed by atoms with van der Waals surface area (Å²) < 4.78 is 27.9. The van der Waals surface area contributed by atoms with Gasteiger partial charge in [-0.3, -0.25) is 9.48 Å². The summed E-state index contributed by atoms with van der Waals surface area (Å²) in [7, 11) is 0. The van der Waals surface area contributed by atoms with Crippen LogP contribution in [0.4, 0.5) is 8.78 Å². The van der Waals surface area contributed by atoms with Crippen LogP contribution in [0, 0.1) is 23.0 Å². The van der Waals surface area contributed by atoms with Gasteiger partial charge in [-0.25, -0.2) is 13.6 Å². The second-order valence-electron chi connectivity index (χ2n) is 5.02. The van der Waals surface area contributed by atoms with Crippen molar-refractivity contribution in [1.82, 2.24) is 9.78 Å². The molecule has 0 saturated carbocycles. The van der Waals surface area contributed by atoms with Gasteiger partial charge in [0, 0.05) is 30.3 Å². The number of hydrogen-bond donors (Lipinski definition) is 2. The van der Waals surface area contributed by atoms with Crippen molar-refractivity contribution in [1.29, 1.82) is 5.26 Å². The topological polar surface area (TPSA) is 122 Å². The molecule has 7 nitrogen and oxygen atoms in total. The number of carboxylic acid groups (broad SMARTS) is 1. The number of carbonyl (C=O) groups excluding carboxylic acids is 1. The van der Waals surface area contributed by atoms with Crippen molar-refractivity contribution < 1.29 is 23.5 Å². The summed E-state index contributed by atoms with van der Waals surface area (Å²) in [6.45, 7) is 0.106. The Hall–Kier alpha value is -3.54. The smallest absolute Gasteiger partial charge is 0.346 e. The Labute approximate surface area is 140 Å². The van der Waals surface area contributed by atoms with E-state index in [0.29, 0.717) is 0 Å². The van der Waals surface area contributed by atoms with Crippen molar-refractivity contribution in [2.24, 2.45) is 5.73 Å². The van der Waals surface area contributed by atoms with Crippen LogP contribution in [0.2, 0.25) is 0 Å². The zero-order valence-electron chi connectivity index (χ0n) is 12.7. The first-order valence-corrected chi connectivity index (χ1v) is 6.98. The van der Waals surface area contributed by atoms with E-state index in [1.165, 1.54) is 23.0 Å². The van der Waals surface area contributed by atoms with Gasteiger partial charge in [0.25, 0.3) is 0 Å². The lowest BCUT2D eigenvalue weighted by Crippen LogP contribution is -2.14. The molecule has 0 bridgehead atoms. The number of nitrogens with zero attached hydrogens (tertiary/aromatic N) is 3. The van der Waals surface area contributed by atoms with E-state index in [2.05, 4.69) is 5.10 Å². The van der Waals surface area contributed by atoms with Crippen molar-refractivity contribution >= 4 is 18.0 Å². The molecule has 0 aliphatic rings. The summed E-state index contributed by atoms with van der Waals surface area (Å²) in [5.41, 5.74) is 5.04. The maximum absolute atomic E-state index is 13.5. The third-order valence-electron chi connectivity index (χ3n) is 3.22. The van der Waals surface area contributed by atoms with Crippen molar-refractivity contribution in [2.45, 2.75) is 13.0 Å². The molecule has 2 rings (SSSR count). The number of primary amides is 1. The molecule has 1 amide bonds. The van der Waals surface area contributed by atoms with Crippen LogP contribution in [0.1, 0.15) is 12.0 Å². The number of aliphatic carboxylic acids is 1. The van der Waals surface area contributed by atoms with Crippen molar-refractivity contribution in [3.05, 3.63) is 47.2 Å². The summed E-state index contributed by atoms with van der Waals surface area (Å²) in [5.74, 6) is -4.15. The molecule has 1 heterocycles. The highest BCUT2D eigenvalue weighted by molar-refractivity contribution is 5.97. The van der Waals surface area contributed by atoms with E-state index in [9.17, 15) is 18.4 Å². The third kappa shape index (κ3) is 4.26. The van der Waals surface area contributed by atoms with E-state index < -0.39 is 29.1 Å². The van der Waals surface area contributed by atoms with Crippen LogP contribution in [0.15, 0.2) is 30.0 Å². The quantitative estimate of drug-likeness (QED) is 0.609. The van der Waals surface area contributed by atoms with Crippen LogP contribution in [-0.4, -0.2) is 26.8 Å². The molecule has 0 spiro atoms. The van der Waals surface area contributed by atoms with E-state index in [4.69, 9.17) is 16.1 Å². The zero-order valence-corrected chi connectivity index (χ0v) is 12.7. The molecule has 9 heteroatoms. The Kier molecular flexibility index (Phi) is 5.24. The fourth-order valence-corrected chi connectivity index (χ4v) is 2.05. The van der Waals surface area contributed by atoms with Crippen LogP contribution < -0.4 is 5.73 Å². The van der Waals surface area contributed by atoms with Gasteiger partial charge in [-0.05, 0) is 24.3 Å². The Balaban J connectivity index is 2.55. The van der Waals surface area contributed by atoms with Crippen LogP contribution >= 0.6 is 0 Å². The highest BCUT2D eigenvalue weighted by Crippen LogP contribution is 2.26. The maximum atomic E-state index is 13.5. The summed E-state index contributed by atoms with van der Waals surface area (Å²) in [6, 6.07) is 4.60. The number of hydrogen-bond acceptors (Lipinski definition) is 4. The third-order valence-corrected chi connectivity index (χ3v) is 3.22. The predicted molar refractivity (Wildman–Crippen MR) is 82.6 cm³/mol. The number of benzene rings is 1. The standard InChI is InChI=1S/C16H12F2N4O3/c17-12-2-1-9(6-13(12)18)15-11(5-10(7-19)16(24)25)8-22(21-15)4-3-14(20)23/h1-2,5-6,8H,3-4H2,(H2,20,23)(H,24,25)/b10-5+. The van der Waals surface area contributed by atoms with Gasteiger partial charge in [0.15, 0.2) is 11.6 Å². The molecule has 0 aliphatic heterocycles. The number of halogens is 2. The van der Waals surface area contributed by atoms with Crippen molar-refractivity contribution in [2.75, 3.05) is 0 Å². The van der Waals surface area contributed by atoms with Gasteiger partial charge in [0.2, 0.25) is 5.91 Å². The molecule has 0 radical (unpaired) electrons. The summed E-state index contributed by atoms with van der Waals surface area (Å²) in [6.07, 6.45) is 2.43. The number of rotatable bonds is 6. The lowest BCUT2D eigenvalue weighted by atomic mass is 10.1. The second kappa shape index (κ2) is 7.35. The molecular formula is C16H12F2N4O3. The van der Waals surface area contributed by atoms with E-state index >= 15 is 0 Å². The largest absolute Gasteiger partial charge is 0.477 e. The zero-order chi connectivity index (χ0) is 18.6. The lowest BCUT2D eigenvalue weighted by Gasteiger charge is -2.01. The van der Waals surface area contributed by atoms with Crippen molar-refractivity contribution in [3.8, 4) is 17.3 Å². The average molecular weight is 346 g/mol. The fraction of sp³-hybridized carbons (Fsp3) is 0.125. The number of carbonyl (C=O) groups is 2. The van der Waals surface area contributed by atoms with Crippen LogP contribution in [0.5, 0.6) is 0 Å². The van der Waals surface area contributed by atoms with Crippen molar-refractivity contribution in [3.63, 3.8) is 0 Å². The van der Waals surface area contributed by atoms with Gasteiger partial charge in [0.1, 0.15) is 11.6 Å². The SMILES string of the molecule is N#C/C(=C\c1cn(CCC(N)=O)nc1-c1ccc(F)c(F)c1)C(=O)O. The van der Waals surface area contributed by atoms with E-state index in [1.807, 2.05) is 0 Å². The van der Waals surface area contributed by atoms with Gasteiger partial charge in [0.05, 0.1) is 5.69 Å². The maximum Gasteiger partial charge on any atom is 0.346 e. The van der Waals surface area contributed by atoms with Gasteiger partial charge in [-0.2, -0.15) is 10.4 Å². The molecule has 0 fully saturated rings. The Morgan fingerprint density at radius 3 is 2.64 bits per heavy atom. The summed E-state index contributed by atoms with van der Waals surface area (Å²) in [5, 5.41) is 22.0. The molecule has 3 N–H and O–H groups in total. The number of nitriles is 1. The monoisotopic (exact) mass is 346 g/mol. The van der Waals surface area contributed by atoms with Gasteiger partial charge < -0.3 is 10.8 Å². The first-order valence-electron chi connectivity index (χ1n) is 6.98. The van der Waals surface area contributed by atoms with Crippen LogP contribution in [-0.2, 0) is 16.1 Å². The molecule has 1 aromatic heterocycles. The van der Waals surface area contributed by atoms with Gasteiger partial charge in [-0.1, -0.05) is 0 Å². The summed E-state index contributed by atoms with van der Waals surface area (Å²) >= 11 is 0. The molecule has 2 aromatic rings. The molecular weight excluding hydrogens is 334 g/mol. The molecule has 0 atom stereocenters. The first kappa shape index (κ1) is 17.8. The number of nitrogens with two attached hydrogens (primary N) is 1. The van der Waals surface area contributed by atoms with Crippen LogP contribution in [0.3, 0.4) is 0 Å². The first-order chi connectivity index (χ1) is 11.8. The minimum Gasteiger partial charge on any atom is -0.477 e. The lowest BCUT2D eigenvalue weighted by molar-refractivity contribution is -0.132. The highest BCUT2D eigenvalue weighted by Gasteiger charge is 2.15. The number of aromatic nitrogens is 2. The molecule has 128 valence electrons. The minimum absolute atomic E-state index is 0.0217. The predicted octanol–water partition coefficient (Wildman–Crippen LogP) is 1.70. The Morgan fingerprint density at radius 1 is 1.36 bits per heavy atom. The Bertz CT molecular complexity index is 913. The van der Waals surface area contributed by atoms with E-state index in [-0.39, 0.29) is 29.8 Å². The molecule has 0 unspecified atom stereocenters. The van der Waals surface area contributed by atoms with E-state index in [1.54, 1.807) is 0 Å². The normalized spacial score (nSPS) is 11.2. The molecule has 0 saturated heterocycles. The van der Waals surface area contributed by atoms with E-state index in [0.717, 1.165) is 18.2 Å². The van der Waals surface area contributed by atoms with Crippen LogP contribution in [0.25, 0.3) is 17.3 Å². The van der Waals surface area contributed by atoms with Gasteiger partial charge in [-0.15, -0.1) is 0 Å². The average Bonchev–Trinajstić information content (AvgIpc) is 2.96. The second-order valence-corrected chi connectivity index (χ2v) is 5.02. The fourth-order valence-electron chi connectivity index (χ4n) is 2.05. The number of carboxylic acids is 1. The highest BCUT2D eigenvalue weighted by atomic mass is 19.2. The molecule has 1 aromatic carbocycles. The number of aryl methyl sites for hydroxylation is 1. The number of amides is 1. The van der Waals surface area contributed by atoms with Gasteiger partial charge >= 0.3 is 5.97 Å². The minimum atomic E-state index is -1.44. The molecule has 25 heavy (non-hydrogen) atoms.